The number of aromatic nitrogens is 2. The molecule has 19 heavy (non-hydrogen) atoms. The maximum absolute atomic E-state index is 5.79. The van der Waals surface area contributed by atoms with Crippen molar-refractivity contribution in [1.82, 2.24) is 9.97 Å². The first-order valence-corrected chi connectivity index (χ1v) is 8.49. The standard InChI is InChI=1S/C13H18N4S2/c1-8-6-9-10(16-12(14)17-11(9)19-8)15-7-13(18-2)4-3-5-13/h6H,3-5,7H2,1-2H3,(H3,14,15,16,17). The molecule has 1 aliphatic rings. The maximum Gasteiger partial charge on any atom is 0.223 e. The Bertz CT molecular complexity index is 598. The largest absolute Gasteiger partial charge is 0.368 e. The van der Waals surface area contributed by atoms with E-state index >= 15 is 0 Å². The van der Waals surface area contributed by atoms with E-state index < -0.39 is 0 Å². The van der Waals surface area contributed by atoms with Crippen LogP contribution in [-0.2, 0) is 0 Å². The number of fused-ring (bicyclic) bond motifs is 1. The molecule has 3 N–H and O–H groups in total. The molecule has 0 radical (unpaired) electrons. The Morgan fingerprint density at radius 3 is 2.89 bits per heavy atom. The van der Waals surface area contributed by atoms with Crippen LogP contribution in [0.15, 0.2) is 6.07 Å². The number of rotatable bonds is 4. The summed E-state index contributed by atoms with van der Waals surface area (Å²) in [7, 11) is 0. The van der Waals surface area contributed by atoms with Crippen LogP contribution in [-0.4, -0.2) is 27.5 Å². The monoisotopic (exact) mass is 294 g/mol. The molecule has 2 heterocycles. The molecule has 2 aromatic heterocycles. The van der Waals surface area contributed by atoms with Gasteiger partial charge in [-0.2, -0.15) is 16.7 Å². The van der Waals surface area contributed by atoms with Crippen molar-refractivity contribution in [3.63, 3.8) is 0 Å². The van der Waals surface area contributed by atoms with Gasteiger partial charge in [0, 0.05) is 16.2 Å². The zero-order valence-corrected chi connectivity index (χ0v) is 12.8. The summed E-state index contributed by atoms with van der Waals surface area (Å²) in [5, 5.41) is 4.58. The Kier molecular flexibility index (Phi) is 3.30. The lowest BCUT2D eigenvalue weighted by Crippen LogP contribution is -2.40. The van der Waals surface area contributed by atoms with Gasteiger partial charge in [0.1, 0.15) is 10.6 Å². The highest BCUT2D eigenvalue weighted by molar-refractivity contribution is 8.00. The molecule has 0 spiro atoms. The molecule has 2 aromatic rings. The Morgan fingerprint density at radius 2 is 2.26 bits per heavy atom. The summed E-state index contributed by atoms with van der Waals surface area (Å²) in [4.78, 5) is 10.9. The SMILES string of the molecule is CSC1(CNc2nc(N)nc3sc(C)cc23)CCC1. The molecule has 3 rings (SSSR count). The van der Waals surface area contributed by atoms with E-state index in [-0.39, 0.29) is 0 Å². The van der Waals surface area contributed by atoms with Crippen molar-refractivity contribution in [3.05, 3.63) is 10.9 Å². The van der Waals surface area contributed by atoms with Crippen molar-refractivity contribution in [1.29, 1.82) is 0 Å². The van der Waals surface area contributed by atoms with E-state index in [0.717, 1.165) is 22.6 Å². The van der Waals surface area contributed by atoms with Gasteiger partial charge in [-0.25, -0.2) is 4.98 Å². The molecule has 0 bridgehead atoms. The summed E-state index contributed by atoms with van der Waals surface area (Å²) in [6, 6.07) is 2.13. The minimum absolute atomic E-state index is 0.351. The fourth-order valence-corrected chi connectivity index (χ4v) is 4.26. The van der Waals surface area contributed by atoms with Crippen LogP contribution in [0.1, 0.15) is 24.1 Å². The molecule has 0 aromatic carbocycles. The lowest BCUT2D eigenvalue weighted by Gasteiger charge is -2.40. The molecule has 1 saturated carbocycles. The maximum atomic E-state index is 5.79. The van der Waals surface area contributed by atoms with Gasteiger partial charge >= 0.3 is 0 Å². The van der Waals surface area contributed by atoms with Gasteiger partial charge in [-0.05, 0) is 32.1 Å². The highest BCUT2D eigenvalue weighted by Crippen LogP contribution is 2.43. The van der Waals surface area contributed by atoms with Gasteiger partial charge in [-0.3, -0.25) is 0 Å². The number of nitrogens with one attached hydrogen (secondary N) is 1. The van der Waals surface area contributed by atoms with Crippen molar-refractivity contribution in [2.45, 2.75) is 30.9 Å². The Balaban J connectivity index is 1.87. The van der Waals surface area contributed by atoms with Crippen LogP contribution in [0.5, 0.6) is 0 Å². The van der Waals surface area contributed by atoms with Gasteiger partial charge in [-0.1, -0.05) is 6.42 Å². The topological polar surface area (TPSA) is 63.8 Å². The van der Waals surface area contributed by atoms with E-state index in [1.807, 2.05) is 11.8 Å². The second-order valence-electron chi connectivity index (χ2n) is 5.10. The summed E-state index contributed by atoms with van der Waals surface area (Å²) in [5.74, 6) is 1.23. The molecular formula is C13H18N4S2. The fraction of sp³-hybridized carbons (Fsp3) is 0.538. The van der Waals surface area contributed by atoms with Crippen LogP contribution in [0.2, 0.25) is 0 Å². The minimum atomic E-state index is 0.351. The highest BCUT2D eigenvalue weighted by atomic mass is 32.2. The van der Waals surface area contributed by atoms with E-state index in [0.29, 0.717) is 10.7 Å². The number of aryl methyl sites for hydroxylation is 1. The summed E-state index contributed by atoms with van der Waals surface area (Å²) in [5.41, 5.74) is 5.79. The average Bonchev–Trinajstić information content (AvgIpc) is 2.68. The van der Waals surface area contributed by atoms with E-state index in [4.69, 9.17) is 5.73 Å². The Labute approximate surface area is 121 Å². The predicted molar refractivity (Wildman–Crippen MR) is 85.2 cm³/mol. The number of thioether (sulfide) groups is 1. The number of thiophene rings is 1. The summed E-state index contributed by atoms with van der Waals surface area (Å²) in [6.45, 7) is 3.04. The number of hydrogen-bond donors (Lipinski definition) is 2. The first-order valence-electron chi connectivity index (χ1n) is 6.45. The van der Waals surface area contributed by atoms with Crippen molar-refractivity contribution in [2.24, 2.45) is 0 Å². The molecule has 0 unspecified atom stereocenters. The number of nitrogen functional groups attached to an aromatic ring is 1. The lowest BCUT2D eigenvalue weighted by molar-refractivity contribution is 0.380. The molecule has 102 valence electrons. The van der Waals surface area contributed by atoms with Crippen LogP contribution < -0.4 is 11.1 Å². The minimum Gasteiger partial charge on any atom is -0.368 e. The molecule has 0 amide bonds. The van der Waals surface area contributed by atoms with Crippen LogP contribution in [0.25, 0.3) is 10.2 Å². The van der Waals surface area contributed by atoms with Gasteiger partial charge in [0.2, 0.25) is 5.95 Å². The predicted octanol–water partition coefficient (Wildman–Crippen LogP) is 3.28. The quantitative estimate of drug-likeness (QED) is 0.906. The van der Waals surface area contributed by atoms with Crippen molar-refractivity contribution < 1.29 is 0 Å². The summed E-state index contributed by atoms with van der Waals surface area (Å²) >= 11 is 3.62. The van der Waals surface area contributed by atoms with Crippen molar-refractivity contribution in [2.75, 3.05) is 23.9 Å². The molecule has 6 heteroatoms. The first-order chi connectivity index (χ1) is 9.12. The molecule has 1 fully saturated rings. The van der Waals surface area contributed by atoms with Crippen molar-refractivity contribution >= 4 is 45.1 Å². The molecule has 0 atom stereocenters. The van der Waals surface area contributed by atoms with Gasteiger partial charge < -0.3 is 11.1 Å². The number of anilines is 2. The third-order valence-electron chi connectivity index (χ3n) is 3.81. The smallest absolute Gasteiger partial charge is 0.223 e. The molecule has 4 nitrogen and oxygen atoms in total. The highest BCUT2D eigenvalue weighted by Gasteiger charge is 2.36. The van der Waals surface area contributed by atoms with E-state index in [9.17, 15) is 0 Å². The normalized spacial score (nSPS) is 17.4. The zero-order chi connectivity index (χ0) is 13.5. The molecule has 0 aliphatic heterocycles. The van der Waals surface area contributed by atoms with Gasteiger partial charge in [0.25, 0.3) is 0 Å². The Hall–Kier alpha value is -1.01. The van der Waals surface area contributed by atoms with E-state index in [1.165, 1.54) is 24.1 Å². The van der Waals surface area contributed by atoms with E-state index in [2.05, 4.69) is 34.5 Å². The van der Waals surface area contributed by atoms with Gasteiger partial charge in [-0.15, -0.1) is 11.3 Å². The number of nitrogens with zero attached hydrogens (tertiary/aromatic N) is 2. The van der Waals surface area contributed by atoms with Crippen molar-refractivity contribution in [3.8, 4) is 0 Å². The molecule has 1 aliphatic carbocycles. The summed E-state index contributed by atoms with van der Waals surface area (Å²) < 4.78 is 0.386. The molecule has 0 saturated heterocycles. The van der Waals surface area contributed by atoms with Gasteiger partial charge in [0.15, 0.2) is 0 Å². The summed E-state index contributed by atoms with van der Waals surface area (Å²) in [6.07, 6.45) is 6.10. The van der Waals surface area contributed by atoms with Crippen LogP contribution in [0.4, 0.5) is 11.8 Å². The second kappa shape index (κ2) is 4.83. The third-order valence-corrected chi connectivity index (χ3v) is 6.17. The second-order valence-corrected chi connectivity index (χ2v) is 7.61. The van der Waals surface area contributed by atoms with Crippen LogP contribution in [0.3, 0.4) is 0 Å². The number of nitrogens with two attached hydrogens (primary N) is 1. The van der Waals surface area contributed by atoms with Crippen LogP contribution >= 0.6 is 23.1 Å². The average molecular weight is 294 g/mol. The van der Waals surface area contributed by atoms with Crippen LogP contribution in [0, 0.1) is 6.92 Å². The fourth-order valence-electron chi connectivity index (χ4n) is 2.46. The zero-order valence-electron chi connectivity index (χ0n) is 11.2. The first kappa shape index (κ1) is 13.0. The van der Waals surface area contributed by atoms with E-state index in [1.54, 1.807) is 11.3 Å². The number of hydrogen-bond acceptors (Lipinski definition) is 6. The lowest BCUT2D eigenvalue weighted by atomic mass is 9.84. The molecular weight excluding hydrogens is 276 g/mol. The Morgan fingerprint density at radius 1 is 1.47 bits per heavy atom. The third kappa shape index (κ3) is 2.39. The van der Waals surface area contributed by atoms with Gasteiger partial charge in [0.05, 0.1) is 5.39 Å².